The van der Waals surface area contributed by atoms with Crippen LogP contribution in [0.5, 0.6) is 0 Å². The van der Waals surface area contributed by atoms with Gasteiger partial charge < -0.3 is 4.90 Å². The molecule has 34 heavy (non-hydrogen) atoms. The van der Waals surface area contributed by atoms with Crippen LogP contribution >= 0.6 is 0 Å². The van der Waals surface area contributed by atoms with E-state index in [9.17, 15) is 30.8 Å². The lowest BCUT2D eigenvalue weighted by atomic mass is 9.91. The molecule has 10 heteroatoms. The third-order valence-electron chi connectivity index (χ3n) is 6.43. The van der Waals surface area contributed by atoms with Crippen molar-refractivity contribution >= 4 is 15.9 Å². The average Bonchev–Trinajstić information content (AvgIpc) is 3.33. The molecular formula is C24H26F4N2O3S. The molecule has 0 saturated carbocycles. The predicted molar refractivity (Wildman–Crippen MR) is 118 cm³/mol. The van der Waals surface area contributed by atoms with E-state index in [0.717, 1.165) is 43.9 Å². The van der Waals surface area contributed by atoms with Gasteiger partial charge in [0.15, 0.2) is 0 Å². The van der Waals surface area contributed by atoms with E-state index < -0.39 is 39.5 Å². The molecule has 0 radical (unpaired) electrons. The number of benzene rings is 2. The standard InChI is InChI=1S/C24H26F4N2O3S/c25-21-15-19(14-17-5-1-2-6-20(17)21)34(32,33)29-22(23(31)30-11-3-4-12-30)13-16-7-9-18(10-8-16)24(26,27)28/h7-10,14-15,22,29H,1-6,11-13H2/t22-/m1/s1. The molecule has 184 valence electrons. The highest BCUT2D eigenvalue weighted by Gasteiger charge is 2.33. The summed E-state index contributed by atoms with van der Waals surface area (Å²) in [5, 5.41) is 0. The molecule has 0 bridgehead atoms. The van der Waals surface area contributed by atoms with Crippen molar-refractivity contribution in [1.29, 1.82) is 0 Å². The minimum absolute atomic E-state index is 0.125. The number of nitrogens with one attached hydrogen (secondary N) is 1. The van der Waals surface area contributed by atoms with Crippen LogP contribution in [-0.4, -0.2) is 38.4 Å². The number of amides is 1. The number of carbonyl (C=O) groups excluding carboxylic acids is 1. The highest BCUT2D eigenvalue weighted by Crippen LogP contribution is 2.30. The zero-order valence-electron chi connectivity index (χ0n) is 18.5. The van der Waals surface area contributed by atoms with Gasteiger partial charge in [0.2, 0.25) is 15.9 Å². The van der Waals surface area contributed by atoms with Crippen molar-refractivity contribution in [2.24, 2.45) is 0 Å². The molecule has 2 aromatic carbocycles. The first-order valence-corrected chi connectivity index (χ1v) is 12.8. The molecule has 0 aromatic heterocycles. The smallest absolute Gasteiger partial charge is 0.341 e. The van der Waals surface area contributed by atoms with Crippen molar-refractivity contribution in [1.82, 2.24) is 9.62 Å². The van der Waals surface area contributed by atoms with Crippen molar-refractivity contribution in [2.45, 2.75) is 62.1 Å². The summed E-state index contributed by atoms with van der Waals surface area (Å²) in [5.41, 5.74) is 0.727. The Balaban J connectivity index is 1.61. The molecule has 1 amide bonds. The normalized spacial score (nSPS) is 17.5. The second-order valence-corrected chi connectivity index (χ2v) is 10.6. The highest BCUT2D eigenvalue weighted by molar-refractivity contribution is 7.89. The van der Waals surface area contributed by atoms with Crippen LogP contribution in [-0.2, 0) is 40.3 Å². The number of nitrogens with zero attached hydrogens (tertiary/aromatic N) is 1. The summed E-state index contributed by atoms with van der Waals surface area (Å²) in [6.07, 6.45) is -0.220. The van der Waals surface area contributed by atoms with Crippen LogP contribution in [0.15, 0.2) is 41.3 Å². The summed E-state index contributed by atoms with van der Waals surface area (Å²) in [4.78, 5) is 14.4. The molecule has 5 nitrogen and oxygen atoms in total. The summed E-state index contributed by atoms with van der Waals surface area (Å²) in [7, 11) is -4.26. The first-order chi connectivity index (χ1) is 16.0. The zero-order chi connectivity index (χ0) is 24.5. The highest BCUT2D eigenvalue weighted by atomic mass is 32.2. The molecule has 1 aliphatic heterocycles. The van der Waals surface area contributed by atoms with Gasteiger partial charge in [0.05, 0.1) is 10.5 Å². The third-order valence-corrected chi connectivity index (χ3v) is 7.88. The van der Waals surface area contributed by atoms with E-state index in [1.165, 1.54) is 18.2 Å². The summed E-state index contributed by atoms with van der Waals surface area (Å²) in [5.74, 6) is -1.03. The first kappa shape index (κ1) is 24.7. The Morgan fingerprint density at radius 3 is 2.29 bits per heavy atom. The zero-order valence-corrected chi connectivity index (χ0v) is 19.3. The Hall–Kier alpha value is -2.46. The molecule has 1 heterocycles. The minimum atomic E-state index is -4.50. The number of sulfonamides is 1. The molecule has 2 aliphatic rings. The molecule has 1 fully saturated rings. The van der Waals surface area contributed by atoms with Gasteiger partial charge in [0, 0.05) is 13.1 Å². The Bertz CT molecular complexity index is 1160. The van der Waals surface area contributed by atoms with Crippen LogP contribution in [0.4, 0.5) is 17.6 Å². The van der Waals surface area contributed by atoms with Crippen molar-refractivity contribution in [3.8, 4) is 0 Å². The number of fused-ring (bicyclic) bond motifs is 1. The lowest BCUT2D eigenvalue weighted by Crippen LogP contribution is -2.48. The lowest BCUT2D eigenvalue weighted by Gasteiger charge is -2.25. The maximum Gasteiger partial charge on any atom is 0.416 e. The molecule has 1 atom stereocenters. The maximum absolute atomic E-state index is 14.6. The maximum atomic E-state index is 14.6. The van der Waals surface area contributed by atoms with Crippen molar-refractivity contribution in [3.05, 3.63) is 64.5 Å². The second kappa shape index (κ2) is 9.65. The number of hydrogen-bond donors (Lipinski definition) is 1. The van der Waals surface area contributed by atoms with Crippen LogP contribution < -0.4 is 4.72 Å². The number of aryl methyl sites for hydroxylation is 1. The number of carbonyl (C=O) groups is 1. The number of rotatable bonds is 6. The Kier molecular flexibility index (Phi) is 7.00. The van der Waals surface area contributed by atoms with Crippen LogP contribution in [0, 0.1) is 5.82 Å². The van der Waals surface area contributed by atoms with E-state index in [0.29, 0.717) is 42.6 Å². The van der Waals surface area contributed by atoms with Gasteiger partial charge in [-0.3, -0.25) is 4.79 Å². The fraction of sp³-hybridized carbons (Fsp3) is 0.458. The number of hydrogen-bond acceptors (Lipinski definition) is 3. The van der Waals surface area contributed by atoms with Crippen molar-refractivity contribution in [2.75, 3.05) is 13.1 Å². The average molecular weight is 499 g/mol. The van der Waals surface area contributed by atoms with Gasteiger partial charge in [0.1, 0.15) is 11.9 Å². The van der Waals surface area contributed by atoms with Crippen LogP contribution in [0.1, 0.15) is 47.9 Å². The van der Waals surface area contributed by atoms with E-state index in [4.69, 9.17) is 0 Å². The summed E-state index contributed by atoms with van der Waals surface area (Å²) < 4.78 is 82.1. The van der Waals surface area contributed by atoms with Gasteiger partial charge in [-0.25, -0.2) is 12.8 Å². The lowest BCUT2D eigenvalue weighted by molar-refractivity contribution is -0.137. The number of alkyl halides is 3. The second-order valence-electron chi connectivity index (χ2n) is 8.85. The Morgan fingerprint density at radius 2 is 1.65 bits per heavy atom. The van der Waals surface area contributed by atoms with E-state index in [2.05, 4.69) is 4.72 Å². The molecule has 0 unspecified atom stereocenters. The molecule has 0 spiro atoms. The van der Waals surface area contributed by atoms with Gasteiger partial charge in [-0.05, 0) is 85.9 Å². The number of likely N-dealkylation sites (tertiary alicyclic amines) is 1. The van der Waals surface area contributed by atoms with E-state index in [1.54, 1.807) is 4.90 Å². The molecular weight excluding hydrogens is 472 g/mol. The SMILES string of the molecule is O=C([C@@H](Cc1ccc(C(F)(F)F)cc1)NS(=O)(=O)c1cc(F)c2c(c1)CCCC2)N1CCCC1. The van der Waals surface area contributed by atoms with Gasteiger partial charge in [0.25, 0.3) is 0 Å². The molecule has 1 N–H and O–H groups in total. The first-order valence-electron chi connectivity index (χ1n) is 11.3. The molecule has 2 aromatic rings. The van der Waals surface area contributed by atoms with Crippen LogP contribution in [0.3, 0.4) is 0 Å². The fourth-order valence-electron chi connectivity index (χ4n) is 4.60. The van der Waals surface area contributed by atoms with Gasteiger partial charge in [-0.15, -0.1) is 0 Å². The van der Waals surface area contributed by atoms with Gasteiger partial charge in [-0.1, -0.05) is 12.1 Å². The van der Waals surface area contributed by atoms with Crippen molar-refractivity contribution in [3.63, 3.8) is 0 Å². The van der Waals surface area contributed by atoms with Crippen molar-refractivity contribution < 1.29 is 30.8 Å². The quantitative estimate of drug-likeness (QED) is 0.606. The largest absolute Gasteiger partial charge is 0.416 e. The third kappa shape index (κ3) is 5.43. The molecule has 1 aliphatic carbocycles. The Labute approximate surface area is 196 Å². The number of halogens is 4. The summed E-state index contributed by atoms with van der Waals surface area (Å²) >= 11 is 0. The Morgan fingerprint density at radius 1 is 1.00 bits per heavy atom. The molecule has 1 saturated heterocycles. The molecule has 4 rings (SSSR count). The van der Waals surface area contributed by atoms with Gasteiger partial charge in [-0.2, -0.15) is 17.9 Å². The van der Waals surface area contributed by atoms with E-state index in [1.807, 2.05) is 0 Å². The summed E-state index contributed by atoms with van der Waals surface area (Å²) in [6.45, 7) is 0.967. The topological polar surface area (TPSA) is 66.5 Å². The van der Waals surface area contributed by atoms with Crippen LogP contribution in [0.25, 0.3) is 0 Å². The summed E-state index contributed by atoms with van der Waals surface area (Å²) in [6, 6.07) is 5.48. The van der Waals surface area contributed by atoms with E-state index >= 15 is 0 Å². The van der Waals surface area contributed by atoms with Gasteiger partial charge >= 0.3 is 6.18 Å². The fourth-order valence-corrected chi connectivity index (χ4v) is 5.85. The van der Waals surface area contributed by atoms with E-state index in [-0.39, 0.29) is 11.3 Å². The monoisotopic (exact) mass is 498 g/mol. The van der Waals surface area contributed by atoms with Crippen LogP contribution in [0.2, 0.25) is 0 Å². The minimum Gasteiger partial charge on any atom is -0.341 e. The predicted octanol–water partition coefficient (Wildman–Crippen LogP) is 4.24.